The summed E-state index contributed by atoms with van der Waals surface area (Å²) in [6.07, 6.45) is 1.65. The van der Waals surface area contributed by atoms with Gasteiger partial charge in [-0.25, -0.2) is 9.79 Å². The van der Waals surface area contributed by atoms with Crippen molar-refractivity contribution in [2.75, 3.05) is 13.4 Å². The highest BCUT2D eigenvalue weighted by Gasteiger charge is 2.34. The predicted molar refractivity (Wildman–Crippen MR) is 131 cm³/mol. The maximum Gasteiger partial charge on any atom is 0.338 e. The second kappa shape index (κ2) is 9.46. The molecule has 0 unspecified atom stereocenters. The van der Waals surface area contributed by atoms with Crippen LogP contribution in [-0.4, -0.2) is 29.9 Å². The summed E-state index contributed by atoms with van der Waals surface area (Å²) >= 11 is 1.18. The Morgan fingerprint density at radius 3 is 2.75 bits per heavy atom. The van der Waals surface area contributed by atoms with Crippen molar-refractivity contribution in [3.8, 4) is 17.2 Å². The lowest BCUT2D eigenvalue weighted by atomic mass is 9.95. The molecular formula is C26H22N2O7S. The molecule has 0 spiro atoms. The van der Waals surface area contributed by atoms with Crippen LogP contribution in [0, 0.1) is 0 Å². The van der Waals surface area contributed by atoms with Crippen LogP contribution < -0.4 is 29.1 Å². The van der Waals surface area contributed by atoms with Crippen molar-refractivity contribution in [3.05, 3.63) is 84.5 Å². The molecule has 2 aliphatic heterocycles. The van der Waals surface area contributed by atoms with Gasteiger partial charge in [-0.3, -0.25) is 14.2 Å². The monoisotopic (exact) mass is 506 g/mol. The van der Waals surface area contributed by atoms with E-state index in [1.54, 1.807) is 62.4 Å². The molecule has 1 atom stereocenters. The summed E-state index contributed by atoms with van der Waals surface area (Å²) in [4.78, 5) is 43.3. The fourth-order valence-electron chi connectivity index (χ4n) is 4.18. The van der Waals surface area contributed by atoms with Crippen LogP contribution in [0.3, 0.4) is 0 Å². The van der Waals surface area contributed by atoms with E-state index in [0.717, 1.165) is 0 Å². The molecule has 0 radical (unpaired) electrons. The molecule has 0 fully saturated rings. The molecule has 3 aromatic rings. The van der Waals surface area contributed by atoms with E-state index in [1.165, 1.54) is 22.8 Å². The van der Waals surface area contributed by atoms with Crippen LogP contribution in [-0.2, 0) is 14.3 Å². The zero-order chi connectivity index (χ0) is 25.4. The number of hydrogen-bond acceptors (Lipinski definition) is 9. The first kappa shape index (κ1) is 23.6. The Morgan fingerprint density at radius 2 is 1.97 bits per heavy atom. The van der Waals surface area contributed by atoms with E-state index in [1.807, 2.05) is 0 Å². The second-order valence-electron chi connectivity index (χ2n) is 8.05. The molecule has 0 saturated carbocycles. The van der Waals surface area contributed by atoms with E-state index in [0.29, 0.717) is 43.4 Å². The van der Waals surface area contributed by atoms with Crippen LogP contribution in [0.25, 0.3) is 6.08 Å². The molecule has 0 saturated heterocycles. The lowest BCUT2D eigenvalue weighted by molar-refractivity contribution is -0.139. The van der Waals surface area contributed by atoms with Crippen LogP contribution in [0.5, 0.6) is 17.2 Å². The molecule has 9 nitrogen and oxygen atoms in total. The SMILES string of the molecule is CCOC(=O)C1=C(C)N=c2s/c(=C\c3ccccc3OC(C)=O)c(=O)n2[C@@H]1c1ccc2c(c1)OCO2. The standard InChI is InChI=1S/C26H22N2O7S/c1-4-32-25(31)22-14(2)27-26-28(23(22)17-9-10-19-20(11-17)34-13-33-19)24(30)21(36-26)12-16-7-5-6-8-18(16)35-15(3)29/h5-12,23H,4,13H2,1-3H3/b21-12-/t23-/m1/s1. The number of ether oxygens (including phenoxy) is 4. The van der Waals surface area contributed by atoms with Crippen LogP contribution in [0.15, 0.2) is 63.5 Å². The number of carbonyl (C=O) groups is 2. The number of benzene rings is 2. The van der Waals surface area contributed by atoms with Gasteiger partial charge in [-0.2, -0.15) is 0 Å². The first-order chi connectivity index (χ1) is 17.4. The fraction of sp³-hybridized carbons (Fsp3) is 0.231. The fourth-order valence-corrected chi connectivity index (χ4v) is 5.22. The third-order valence-corrected chi connectivity index (χ3v) is 6.67. The van der Waals surface area contributed by atoms with Crippen LogP contribution in [0.4, 0.5) is 0 Å². The van der Waals surface area contributed by atoms with Crippen molar-refractivity contribution in [1.29, 1.82) is 0 Å². The smallest absolute Gasteiger partial charge is 0.338 e. The minimum atomic E-state index is -0.777. The number of esters is 2. The van der Waals surface area contributed by atoms with Gasteiger partial charge < -0.3 is 18.9 Å². The summed E-state index contributed by atoms with van der Waals surface area (Å²) in [6, 6.07) is 11.5. The van der Waals surface area contributed by atoms with Gasteiger partial charge in [0.25, 0.3) is 5.56 Å². The van der Waals surface area contributed by atoms with Crippen molar-refractivity contribution < 1.29 is 28.5 Å². The number of fused-ring (bicyclic) bond motifs is 2. The number of aromatic nitrogens is 1. The molecule has 36 heavy (non-hydrogen) atoms. The van der Waals surface area contributed by atoms with E-state index in [-0.39, 0.29) is 24.5 Å². The largest absolute Gasteiger partial charge is 0.463 e. The summed E-state index contributed by atoms with van der Waals surface area (Å²) in [5.74, 6) is 0.451. The van der Waals surface area contributed by atoms with E-state index in [2.05, 4.69) is 4.99 Å². The molecule has 3 heterocycles. The minimum absolute atomic E-state index is 0.100. The van der Waals surface area contributed by atoms with Gasteiger partial charge in [-0.1, -0.05) is 35.6 Å². The van der Waals surface area contributed by atoms with Gasteiger partial charge in [0.2, 0.25) is 6.79 Å². The van der Waals surface area contributed by atoms with E-state index < -0.39 is 18.0 Å². The molecule has 184 valence electrons. The summed E-state index contributed by atoms with van der Waals surface area (Å²) in [7, 11) is 0. The molecule has 2 aromatic carbocycles. The van der Waals surface area contributed by atoms with Crippen molar-refractivity contribution in [1.82, 2.24) is 4.57 Å². The number of rotatable bonds is 5. The normalized spacial score (nSPS) is 16.4. The van der Waals surface area contributed by atoms with Crippen molar-refractivity contribution in [2.24, 2.45) is 4.99 Å². The Bertz CT molecular complexity index is 1600. The van der Waals surface area contributed by atoms with Crippen molar-refractivity contribution >= 4 is 29.4 Å². The molecule has 1 aromatic heterocycles. The van der Waals surface area contributed by atoms with Gasteiger partial charge in [0.15, 0.2) is 16.3 Å². The van der Waals surface area contributed by atoms with Gasteiger partial charge in [-0.05, 0) is 43.7 Å². The number of hydrogen-bond donors (Lipinski definition) is 0. The first-order valence-electron chi connectivity index (χ1n) is 11.2. The molecule has 0 N–H and O–H groups in total. The number of nitrogens with zero attached hydrogens (tertiary/aromatic N) is 2. The molecule has 0 aliphatic carbocycles. The molecule has 2 aliphatic rings. The lowest BCUT2D eigenvalue weighted by Crippen LogP contribution is -2.39. The Morgan fingerprint density at radius 1 is 1.19 bits per heavy atom. The molecule has 0 amide bonds. The average molecular weight is 507 g/mol. The van der Waals surface area contributed by atoms with Crippen LogP contribution >= 0.6 is 11.3 Å². The van der Waals surface area contributed by atoms with Crippen LogP contribution in [0.2, 0.25) is 0 Å². The van der Waals surface area contributed by atoms with Gasteiger partial charge in [0.1, 0.15) is 5.75 Å². The highest BCUT2D eigenvalue weighted by Crippen LogP contribution is 2.38. The molecule has 0 bridgehead atoms. The summed E-state index contributed by atoms with van der Waals surface area (Å²) in [5, 5.41) is 0. The number of para-hydroxylation sites is 1. The van der Waals surface area contributed by atoms with Gasteiger partial charge in [-0.15, -0.1) is 0 Å². The van der Waals surface area contributed by atoms with Gasteiger partial charge in [0.05, 0.1) is 28.5 Å². The quantitative estimate of drug-likeness (QED) is 0.387. The topological polar surface area (TPSA) is 105 Å². The summed E-state index contributed by atoms with van der Waals surface area (Å²) < 4.78 is 23.4. The minimum Gasteiger partial charge on any atom is -0.463 e. The number of thiazole rings is 1. The maximum absolute atomic E-state index is 13.7. The van der Waals surface area contributed by atoms with Crippen LogP contribution in [0.1, 0.15) is 37.9 Å². The highest BCUT2D eigenvalue weighted by molar-refractivity contribution is 7.07. The predicted octanol–water partition coefficient (Wildman–Crippen LogP) is 2.45. The summed E-state index contributed by atoms with van der Waals surface area (Å²) in [5.41, 5.74) is 1.62. The van der Waals surface area contributed by atoms with Gasteiger partial charge >= 0.3 is 11.9 Å². The highest BCUT2D eigenvalue weighted by atomic mass is 32.1. The van der Waals surface area contributed by atoms with E-state index in [9.17, 15) is 14.4 Å². The third kappa shape index (κ3) is 4.20. The second-order valence-corrected chi connectivity index (χ2v) is 9.06. The lowest BCUT2D eigenvalue weighted by Gasteiger charge is -2.24. The zero-order valence-corrected chi connectivity index (χ0v) is 20.6. The Kier molecular flexibility index (Phi) is 6.19. The van der Waals surface area contributed by atoms with Crippen molar-refractivity contribution in [2.45, 2.75) is 26.8 Å². The number of allylic oxidation sites excluding steroid dienone is 1. The first-order valence-corrected chi connectivity index (χ1v) is 12.1. The van der Waals surface area contributed by atoms with Crippen molar-refractivity contribution in [3.63, 3.8) is 0 Å². The zero-order valence-electron chi connectivity index (χ0n) is 19.8. The maximum atomic E-state index is 13.7. The Labute approximate surface area is 209 Å². The Balaban J connectivity index is 1.71. The van der Waals surface area contributed by atoms with E-state index in [4.69, 9.17) is 18.9 Å². The average Bonchev–Trinajstić information content (AvgIpc) is 3.43. The Hall–Kier alpha value is -4.18. The number of carbonyl (C=O) groups excluding carboxylic acids is 2. The summed E-state index contributed by atoms with van der Waals surface area (Å²) in [6.45, 7) is 5.04. The molecular weight excluding hydrogens is 484 g/mol. The van der Waals surface area contributed by atoms with Gasteiger partial charge in [0, 0.05) is 12.5 Å². The molecule has 5 rings (SSSR count). The van der Waals surface area contributed by atoms with E-state index >= 15 is 0 Å². The third-order valence-electron chi connectivity index (χ3n) is 5.69. The molecule has 10 heteroatoms.